The van der Waals surface area contributed by atoms with Crippen molar-refractivity contribution < 1.29 is 4.74 Å². The molecule has 0 aliphatic carbocycles. The van der Waals surface area contributed by atoms with Crippen LogP contribution in [0.3, 0.4) is 0 Å². The second kappa shape index (κ2) is 10.1. The molecule has 3 rings (SSSR count). The SMILES string of the molecule is CCCOc1ccc(NC(=NCC)NCC)cc1-c1nc2c(CC)nn(C)c2c(=O)[nH]1. The van der Waals surface area contributed by atoms with Gasteiger partial charge in [-0.05, 0) is 44.9 Å². The number of H-pyrrole nitrogens is 1. The van der Waals surface area contributed by atoms with Crippen molar-refractivity contribution in [3.8, 4) is 17.1 Å². The van der Waals surface area contributed by atoms with Crippen LogP contribution in [0.4, 0.5) is 5.69 Å². The van der Waals surface area contributed by atoms with E-state index in [1.807, 2.05) is 39.0 Å². The lowest BCUT2D eigenvalue weighted by molar-refractivity contribution is 0.318. The Balaban J connectivity index is 2.13. The van der Waals surface area contributed by atoms with Gasteiger partial charge in [0.2, 0.25) is 0 Å². The molecule has 3 N–H and O–H groups in total. The summed E-state index contributed by atoms with van der Waals surface area (Å²) in [6, 6.07) is 5.73. The topological polar surface area (TPSA) is 109 Å². The maximum absolute atomic E-state index is 12.8. The minimum Gasteiger partial charge on any atom is -0.493 e. The molecule has 0 atom stereocenters. The van der Waals surface area contributed by atoms with Crippen LogP contribution in [-0.4, -0.2) is 45.4 Å². The number of guanidine groups is 1. The molecule has 3 aromatic rings. The van der Waals surface area contributed by atoms with Crippen LogP contribution in [0.5, 0.6) is 5.75 Å². The molecule has 0 spiro atoms. The van der Waals surface area contributed by atoms with Crippen LogP contribution in [0.1, 0.15) is 39.8 Å². The van der Waals surface area contributed by atoms with Gasteiger partial charge in [0.05, 0.1) is 17.9 Å². The molecule has 0 saturated heterocycles. The van der Waals surface area contributed by atoms with E-state index in [9.17, 15) is 4.79 Å². The highest BCUT2D eigenvalue weighted by Gasteiger charge is 2.17. The lowest BCUT2D eigenvalue weighted by atomic mass is 10.1. The Kier molecular flexibility index (Phi) is 7.28. The number of nitrogens with zero attached hydrogens (tertiary/aromatic N) is 4. The fourth-order valence-electron chi connectivity index (χ4n) is 3.35. The van der Waals surface area contributed by atoms with E-state index in [1.165, 1.54) is 0 Å². The smallest absolute Gasteiger partial charge is 0.277 e. The zero-order valence-corrected chi connectivity index (χ0v) is 18.9. The molecule has 9 nitrogen and oxygen atoms in total. The number of hydrogen-bond acceptors (Lipinski definition) is 5. The van der Waals surface area contributed by atoms with E-state index in [0.717, 1.165) is 24.3 Å². The van der Waals surface area contributed by atoms with E-state index in [2.05, 4.69) is 32.6 Å². The molecule has 1 aromatic carbocycles. The molecule has 0 radical (unpaired) electrons. The van der Waals surface area contributed by atoms with Gasteiger partial charge >= 0.3 is 0 Å². The lowest BCUT2D eigenvalue weighted by Gasteiger charge is -2.15. The summed E-state index contributed by atoms with van der Waals surface area (Å²) in [4.78, 5) is 25.0. The lowest BCUT2D eigenvalue weighted by Crippen LogP contribution is -2.30. The van der Waals surface area contributed by atoms with Crippen molar-refractivity contribution in [2.45, 2.75) is 40.5 Å². The van der Waals surface area contributed by atoms with Crippen LogP contribution >= 0.6 is 0 Å². The third-order valence-electron chi connectivity index (χ3n) is 4.72. The summed E-state index contributed by atoms with van der Waals surface area (Å²) in [5, 5.41) is 11.0. The number of benzene rings is 1. The standard InChI is InChI=1S/C22H31N7O2/c1-6-12-31-17-11-10-14(25-22(23-8-3)24-9-4)13-15(17)20-26-18-16(7-2)28-29(5)19(18)21(30)27-20/h10-11,13H,6-9,12H2,1-5H3,(H2,23,24,25)(H,26,27,30). The number of hydrogen-bond donors (Lipinski definition) is 3. The molecule has 0 saturated carbocycles. The second-order valence-corrected chi connectivity index (χ2v) is 7.07. The molecular weight excluding hydrogens is 394 g/mol. The number of nitrogens with one attached hydrogen (secondary N) is 3. The Morgan fingerprint density at radius 2 is 2.06 bits per heavy atom. The van der Waals surface area contributed by atoms with Gasteiger partial charge in [0.15, 0.2) is 11.5 Å². The second-order valence-electron chi connectivity index (χ2n) is 7.07. The Labute approximate surface area is 182 Å². The van der Waals surface area contributed by atoms with Crippen LogP contribution < -0.4 is 20.9 Å². The van der Waals surface area contributed by atoms with Gasteiger partial charge in [0.25, 0.3) is 5.56 Å². The van der Waals surface area contributed by atoms with Gasteiger partial charge in [-0.2, -0.15) is 5.10 Å². The number of aromatic amines is 1. The third kappa shape index (κ3) is 4.87. The van der Waals surface area contributed by atoms with E-state index >= 15 is 0 Å². The Morgan fingerprint density at radius 1 is 1.26 bits per heavy atom. The minimum absolute atomic E-state index is 0.226. The number of aryl methyl sites for hydroxylation is 2. The molecule has 0 aliphatic heterocycles. The largest absolute Gasteiger partial charge is 0.493 e. The van der Waals surface area contributed by atoms with E-state index in [1.54, 1.807) is 11.7 Å². The third-order valence-corrected chi connectivity index (χ3v) is 4.72. The van der Waals surface area contributed by atoms with Crippen molar-refractivity contribution in [3.63, 3.8) is 0 Å². The summed E-state index contributed by atoms with van der Waals surface area (Å²) in [5.74, 6) is 1.80. The average molecular weight is 426 g/mol. The molecule has 31 heavy (non-hydrogen) atoms. The molecule has 0 aliphatic rings. The Bertz CT molecular complexity index is 1130. The first-order valence-corrected chi connectivity index (χ1v) is 10.8. The van der Waals surface area contributed by atoms with Crippen LogP contribution in [-0.2, 0) is 13.5 Å². The highest BCUT2D eigenvalue weighted by molar-refractivity contribution is 5.94. The molecule has 2 heterocycles. The van der Waals surface area contributed by atoms with Crippen molar-refractivity contribution in [3.05, 3.63) is 34.2 Å². The number of fused-ring (bicyclic) bond motifs is 1. The highest BCUT2D eigenvalue weighted by Crippen LogP contribution is 2.31. The first kappa shape index (κ1) is 22.3. The highest BCUT2D eigenvalue weighted by atomic mass is 16.5. The van der Waals surface area contributed by atoms with E-state index < -0.39 is 0 Å². The van der Waals surface area contributed by atoms with E-state index in [0.29, 0.717) is 53.7 Å². The van der Waals surface area contributed by atoms with Crippen LogP contribution in [0.25, 0.3) is 22.4 Å². The van der Waals surface area contributed by atoms with Crippen molar-refractivity contribution >= 4 is 22.7 Å². The maximum atomic E-state index is 12.8. The summed E-state index contributed by atoms with van der Waals surface area (Å²) in [6.07, 6.45) is 1.56. The maximum Gasteiger partial charge on any atom is 0.277 e. The van der Waals surface area contributed by atoms with Crippen molar-refractivity contribution in [1.82, 2.24) is 25.1 Å². The summed E-state index contributed by atoms with van der Waals surface area (Å²) in [6.45, 7) is 10.0. The zero-order chi connectivity index (χ0) is 22.4. The van der Waals surface area contributed by atoms with Crippen molar-refractivity contribution in [2.75, 3.05) is 25.0 Å². The molecule has 0 bridgehead atoms. The van der Waals surface area contributed by atoms with E-state index in [4.69, 9.17) is 9.72 Å². The summed E-state index contributed by atoms with van der Waals surface area (Å²) < 4.78 is 7.54. The number of ether oxygens (including phenoxy) is 1. The minimum atomic E-state index is -0.226. The summed E-state index contributed by atoms with van der Waals surface area (Å²) >= 11 is 0. The first-order chi connectivity index (χ1) is 15.0. The van der Waals surface area contributed by atoms with Crippen LogP contribution in [0, 0.1) is 0 Å². The molecule has 0 amide bonds. The fourth-order valence-corrected chi connectivity index (χ4v) is 3.35. The molecule has 0 unspecified atom stereocenters. The molecule has 0 fully saturated rings. The predicted molar refractivity (Wildman–Crippen MR) is 125 cm³/mol. The first-order valence-electron chi connectivity index (χ1n) is 10.8. The van der Waals surface area contributed by atoms with Crippen molar-refractivity contribution in [2.24, 2.45) is 12.0 Å². The molecule has 9 heteroatoms. The van der Waals surface area contributed by atoms with Gasteiger partial charge in [0.1, 0.15) is 17.1 Å². The number of anilines is 1. The Hall–Kier alpha value is -3.36. The van der Waals surface area contributed by atoms with E-state index in [-0.39, 0.29) is 5.56 Å². The molecular formula is C22H31N7O2. The summed E-state index contributed by atoms with van der Waals surface area (Å²) in [5.41, 5.74) is 3.17. The van der Waals surface area contributed by atoms with Gasteiger partial charge in [-0.1, -0.05) is 13.8 Å². The van der Waals surface area contributed by atoms with Gasteiger partial charge in [-0.25, -0.2) is 4.98 Å². The van der Waals surface area contributed by atoms with Crippen LogP contribution in [0.2, 0.25) is 0 Å². The zero-order valence-electron chi connectivity index (χ0n) is 18.9. The van der Waals surface area contributed by atoms with Crippen LogP contribution in [0.15, 0.2) is 28.0 Å². The number of rotatable bonds is 8. The monoisotopic (exact) mass is 425 g/mol. The normalized spacial score (nSPS) is 11.7. The average Bonchev–Trinajstić information content (AvgIpc) is 3.09. The predicted octanol–water partition coefficient (Wildman–Crippen LogP) is 3.07. The van der Waals surface area contributed by atoms with Gasteiger partial charge < -0.3 is 20.4 Å². The fraction of sp³-hybridized carbons (Fsp3) is 0.455. The van der Waals surface area contributed by atoms with Gasteiger partial charge in [-0.15, -0.1) is 0 Å². The Morgan fingerprint density at radius 3 is 2.74 bits per heavy atom. The van der Waals surface area contributed by atoms with Gasteiger partial charge in [-0.3, -0.25) is 14.5 Å². The summed E-state index contributed by atoms with van der Waals surface area (Å²) in [7, 11) is 1.76. The van der Waals surface area contributed by atoms with Crippen molar-refractivity contribution in [1.29, 1.82) is 0 Å². The molecule has 166 valence electrons. The quantitative estimate of drug-likeness (QED) is 0.378. The molecule has 2 aromatic heterocycles. The van der Waals surface area contributed by atoms with Gasteiger partial charge in [0, 0.05) is 25.8 Å². The number of aromatic nitrogens is 4. The number of aliphatic imine (C=N–C) groups is 1.